The molecule has 0 bridgehead atoms. The van der Waals surface area contributed by atoms with Crippen molar-refractivity contribution in [1.29, 1.82) is 0 Å². The Kier molecular flexibility index (Phi) is 6.69. The highest BCUT2D eigenvalue weighted by Gasteiger charge is 2.34. The number of benzene rings is 1. The predicted molar refractivity (Wildman–Crippen MR) is 101 cm³/mol. The number of ether oxygens (including phenoxy) is 1. The van der Waals surface area contributed by atoms with Gasteiger partial charge < -0.3 is 15.4 Å². The predicted octanol–water partition coefficient (Wildman–Crippen LogP) is 1.04. The molecule has 0 radical (unpaired) electrons. The third-order valence-corrected chi connectivity index (χ3v) is 5.33. The SMILES string of the molecule is COCC1(CNC(=O)C(Cc2cccc(F)c2)n2nnnc2C)CCNCC1. The number of rotatable bonds is 8. The molecule has 1 atom stereocenters. The molecule has 1 aromatic heterocycles. The van der Waals surface area contributed by atoms with Gasteiger partial charge in [-0.25, -0.2) is 9.07 Å². The molecule has 1 unspecified atom stereocenters. The maximum absolute atomic E-state index is 13.6. The summed E-state index contributed by atoms with van der Waals surface area (Å²) >= 11 is 0. The largest absolute Gasteiger partial charge is 0.384 e. The van der Waals surface area contributed by atoms with Crippen LogP contribution in [0.15, 0.2) is 24.3 Å². The van der Waals surface area contributed by atoms with Crippen LogP contribution in [0.4, 0.5) is 4.39 Å². The van der Waals surface area contributed by atoms with Gasteiger partial charge in [-0.3, -0.25) is 4.79 Å². The summed E-state index contributed by atoms with van der Waals surface area (Å²) in [6.45, 7) is 4.65. The first-order valence-electron chi connectivity index (χ1n) is 9.49. The number of hydrogen-bond acceptors (Lipinski definition) is 6. The van der Waals surface area contributed by atoms with E-state index in [1.807, 2.05) is 0 Å². The van der Waals surface area contributed by atoms with E-state index in [9.17, 15) is 9.18 Å². The number of aryl methyl sites for hydroxylation is 1. The standard InChI is InChI=1S/C19H27FN6O2/c1-14-23-24-25-26(14)17(11-15-4-3-5-16(20)10-15)18(27)22-12-19(13-28-2)6-8-21-9-7-19/h3-5,10,17,21H,6-9,11-13H2,1-2H3,(H,22,27). The zero-order valence-electron chi connectivity index (χ0n) is 16.3. The average molecular weight is 390 g/mol. The van der Waals surface area contributed by atoms with Gasteiger partial charge in [-0.1, -0.05) is 12.1 Å². The molecular formula is C19H27FN6O2. The van der Waals surface area contributed by atoms with Gasteiger partial charge in [-0.15, -0.1) is 5.10 Å². The second-order valence-corrected chi connectivity index (χ2v) is 7.42. The van der Waals surface area contributed by atoms with Crippen molar-refractivity contribution in [2.45, 2.75) is 32.2 Å². The second kappa shape index (κ2) is 9.20. The van der Waals surface area contributed by atoms with E-state index >= 15 is 0 Å². The summed E-state index contributed by atoms with van der Waals surface area (Å²) in [7, 11) is 1.68. The van der Waals surface area contributed by atoms with Crippen molar-refractivity contribution in [3.8, 4) is 0 Å². The number of tetrazole rings is 1. The van der Waals surface area contributed by atoms with Crippen molar-refractivity contribution in [2.75, 3.05) is 33.4 Å². The second-order valence-electron chi connectivity index (χ2n) is 7.42. The van der Waals surface area contributed by atoms with Crippen LogP contribution in [0.3, 0.4) is 0 Å². The van der Waals surface area contributed by atoms with Crippen LogP contribution in [0.25, 0.3) is 0 Å². The Labute approximate surface area is 163 Å². The monoisotopic (exact) mass is 390 g/mol. The van der Waals surface area contributed by atoms with Crippen molar-refractivity contribution >= 4 is 5.91 Å². The first-order chi connectivity index (χ1) is 13.5. The van der Waals surface area contributed by atoms with Crippen LogP contribution in [0.5, 0.6) is 0 Å². The van der Waals surface area contributed by atoms with Crippen LogP contribution in [-0.2, 0) is 16.0 Å². The first kappa shape index (κ1) is 20.3. The fourth-order valence-electron chi connectivity index (χ4n) is 3.73. The summed E-state index contributed by atoms with van der Waals surface area (Å²) in [5.41, 5.74) is 0.623. The summed E-state index contributed by atoms with van der Waals surface area (Å²) in [5, 5.41) is 17.9. The number of piperidine rings is 1. The van der Waals surface area contributed by atoms with Crippen molar-refractivity contribution < 1.29 is 13.9 Å². The summed E-state index contributed by atoms with van der Waals surface area (Å²) in [6, 6.07) is 5.58. The van der Waals surface area contributed by atoms with Crippen LogP contribution in [0, 0.1) is 18.2 Å². The molecule has 152 valence electrons. The number of amides is 1. The fourth-order valence-corrected chi connectivity index (χ4v) is 3.73. The minimum atomic E-state index is -0.655. The molecule has 0 aliphatic carbocycles. The van der Waals surface area contributed by atoms with Gasteiger partial charge in [0.25, 0.3) is 0 Å². The van der Waals surface area contributed by atoms with E-state index in [-0.39, 0.29) is 17.1 Å². The number of nitrogens with zero attached hydrogens (tertiary/aromatic N) is 4. The van der Waals surface area contributed by atoms with E-state index in [4.69, 9.17) is 4.74 Å². The maximum atomic E-state index is 13.6. The highest BCUT2D eigenvalue weighted by molar-refractivity contribution is 5.80. The third-order valence-electron chi connectivity index (χ3n) is 5.33. The Morgan fingerprint density at radius 3 is 2.86 bits per heavy atom. The van der Waals surface area contributed by atoms with Crippen molar-refractivity contribution in [3.05, 3.63) is 41.5 Å². The summed E-state index contributed by atoms with van der Waals surface area (Å²) in [4.78, 5) is 13.1. The molecule has 1 aromatic carbocycles. The lowest BCUT2D eigenvalue weighted by atomic mass is 9.79. The molecule has 2 heterocycles. The van der Waals surface area contributed by atoms with Gasteiger partial charge >= 0.3 is 0 Å². The van der Waals surface area contributed by atoms with Crippen LogP contribution in [0.1, 0.15) is 30.3 Å². The average Bonchev–Trinajstić information content (AvgIpc) is 3.11. The highest BCUT2D eigenvalue weighted by atomic mass is 19.1. The summed E-state index contributed by atoms with van der Waals surface area (Å²) in [6.07, 6.45) is 2.16. The fraction of sp³-hybridized carbons (Fsp3) is 0.579. The first-order valence-corrected chi connectivity index (χ1v) is 9.49. The van der Waals surface area contributed by atoms with Crippen LogP contribution in [-0.4, -0.2) is 59.5 Å². The molecule has 1 amide bonds. The number of hydrogen-bond donors (Lipinski definition) is 2. The molecule has 3 rings (SSSR count). The highest BCUT2D eigenvalue weighted by Crippen LogP contribution is 2.28. The lowest BCUT2D eigenvalue weighted by molar-refractivity contribution is -0.125. The Balaban J connectivity index is 1.75. The quantitative estimate of drug-likeness (QED) is 0.699. The number of carbonyl (C=O) groups is 1. The minimum absolute atomic E-state index is 0.0886. The molecule has 1 aliphatic heterocycles. The van der Waals surface area contributed by atoms with Crippen molar-refractivity contribution in [1.82, 2.24) is 30.8 Å². The molecule has 0 saturated carbocycles. The molecular weight excluding hydrogens is 363 g/mol. The zero-order valence-corrected chi connectivity index (χ0v) is 16.3. The molecule has 1 saturated heterocycles. The van der Waals surface area contributed by atoms with E-state index in [2.05, 4.69) is 26.2 Å². The molecule has 2 N–H and O–H groups in total. The van der Waals surface area contributed by atoms with E-state index < -0.39 is 6.04 Å². The van der Waals surface area contributed by atoms with Gasteiger partial charge in [0.2, 0.25) is 5.91 Å². The number of halogens is 1. The van der Waals surface area contributed by atoms with E-state index in [0.717, 1.165) is 25.9 Å². The number of nitrogens with one attached hydrogen (secondary N) is 2. The normalized spacial score (nSPS) is 17.2. The smallest absolute Gasteiger partial charge is 0.245 e. The molecule has 1 aliphatic rings. The van der Waals surface area contributed by atoms with E-state index in [1.54, 1.807) is 26.2 Å². The number of aromatic nitrogens is 4. The van der Waals surface area contributed by atoms with Gasteiger partial charge in [-0.2, -0.15) is 0 Å². The Bertz CT molecular complexity index is 785. The van der Waals surface area contributed by atoms with Gasteiger partial charge in [0.1, 0.15) is 17.7 Å². The zero-order chi connectivity index (χ0) is 20.0. The summed E-state index contributed by atoms with van der Waals surface area (Å²) in [5.74, 6) is 0.0116. The Hall–Kier alpha value is -2.39. The lowest BCUT2D eigenvalue weighted by Gasteiger charge is -2.37. The van der Waals surface area contributed by atoms with Gasteiger partial charge in [0, 0.05) is 25.5 Å². The number of methoxy groups -OCH3 is 1. The summed E-state index contributed by atoms with van der Waals surface area (Å²) < 4.78 is 20.5. The molecule has 28 heavy (non-hydrogen) atoms. The number of carbonyl (C=O) groups excluding carboxylic acids is 1. The Morgan fingerprint density at radius 2 is 2.21 bits per heavy atom. The van der Waals surface area contributed by atoms with Crippen molar-refractivity contribution in [2.24, 2.45) is 5.41 Å². The van der Waals surface area contributed by atoms with Gasteiger partial charge in [0.05, 0.1) is 6.61 Å². The molecule has 0 spiro atoms. The van der Waals surface area contributed by atoms with Crippen molar-refractivity contribution in [3.63, 3.8) is 0 Å². The third kappa shape index (κ3) is 4.90. The molecule has 2 aromatic rings. The molecule has 8 nitrogen and oxygen atoms in total. The lowest BCUT2D eigenvalue weighted by Crippen LogP contribution is -2.48. The van der Waals surface area contributed by atoms with E-state index in [1.165, 1.54) is 16.8 Å². The van der Waals surface area contributed by atoms with Gasteiger partial charge in [-0.05, 0) is 61.0 Å². The van der Waals surface area contributed by atoms with Gasteiger partial charge in [0.15, 0.2) is 0 Å². The molecule has 9 heteroatoms. The Morgan fingerprint density at radius 1 is 1.43 bits per heavy atom. The van der Waals surface area contributed by atoms with Crippen LogP contribution < -0.4 is 10.6 Å². The van der Waals surface area contributed by atoms with E-state index in [0.29, 0.717) is 31.0 Å². The topological polar surface area (TPSA) is 94.0 Å². The van der Waals surface area contributed by atoms with Crippen LogP contribution >= 0.6 is 0 Å². The maximum Gasteiger partial charge on any atom is 0.245 e. The minimum Gasteiger partial charge on any atom is -0.384 e. The van der Waals surface area contributed by atoms with Crippen LogP contribution in [0.2, 0.25) is 0 Å². The molecule has 1 fully saturated rings.